The zero-order valence-corrected chi connectivity index (χ0v) is 16.5. The number of ether oxygens (including phenoxy) is 1. The fraction of sp³-hybridized carbons (Fsp3) is 0.364. The van der Waals surface area contributed by atoms with E-state index in [2.05, 4.69) is 5.32 Å². The monoisotopic (exact) mass is 368 g/mol. The topological polar surface area (TPSA) is 58.6 Å². The molecule has 0 aliphatic carbocycles. The van der Waals surface area contributed by atoms with Gasteiger partial charge in [-0.1, -0.05) is 36.4 Å². The molecule has 0 radical (unpaired) electrons. The van der Waals surface area contributed by atoms with Gasteiger partial charge in [0.25, 0.3) is 5.91 Å². The van der Waals surface area contributed by atoms with Crippen LogP contribution in [0.3, 0.4) is 0 Å². The molecule has 0 saturated heterocycles. The fourth-order valence-corrected chi connectivity index (χ4v) is 2.81. The van der Waals surface area contributed by atoms with Crippen molar-refractivity contribution in [2.45, 2.75) is 40.3 Å². The Morgan fingerprint density at radius 3 is 2.52 bits per heavy atom. The van der Waals surface area contributed by atoms with Crippen LogP contribution in [0, 0.1) is 13.8 Å². The first kappa shape index (κ1) is 20.5. The second kappa shape index (κ2) is 9.76. The van der Waals surface area contributed by atoms with E-state index in [4.69, 9.17) is 4.74 Å². The molecule has 0 heterocycles. The van der Waals surface area contributed by atoms with Gasteiger partial charge in [-0.2, -0.15) is 0 Å². The minimum Gasteiger partial charge on any atom is -0.484 e. The number of aryl methyl sites for hydroxylation is 2. The summed E-state index contributed by atoms with van der Waals surface area (Å²) in [5.74, 6) is 0.248. The highest BCUT2D eigenvalue weighted by atomic mass is 16.5. The molecule has 144 valence electrons. The molecule has 0 aromatic heterocycles. The Morgan fingerprint density at radius 2 is 1.85 bits per heavy atom. The maximum Gasteiger partial charge on any atom is 0.261 e. The summed E-state index contributed by atoms with van der Waals surface area (Å²) in [5, 5.41) is 2.79. The van der Waals surface area contributed by atoms with E-state index in [0.717, 1.165) is 16.7 Å². The lowest BCUT2D eigenvalue weighted by molar-refractivity contribution is -0.142. The minimum atomic E-state index is -0.585. The lowest BCUT2D eigenvalue weighted by atomic mass is 10.1. The van der Waals surface area contributed by atoms with E-state index in [1.807, 2.05) is 69.3 Å². The second-order valence-corrected chi connectivity index (χ2v) is 6.62. The van der Waals surface area contributed by atoms with Gasteiger partial charge in [-0.05, 0) is 56.5 Å². The van der Waals surface area contributed by atoms with Crippen molar-refractivity contribution < 1.29 is 14.3 Å². The summed E-state index contributed by atoms with van der Waals surface area (Å²) in [6.07, 6.45) is 0. The highest BCUT2D eigenvalue weighted by Gasteiger charge is 2.26. The van der Waals surface area contributed by atoms with E-state index in [0.29, 0.717) is 18.8 Å². The summed E-state index contributed by atoms with van der Waals surface area (Å²) in [6, 6.07) is 14.8. The Bertz CT molecular complexity index is 789. The molecule has 0 unspecified atom stereocenters. The molecule has 2 aromatic carbocycles. The van der Waals surface area contributed by atoms with Gasteiger partial charge in [0.1, 0.15) is 11.8 Å². The van der Waals surface area contributed by atoms with Crippen LogP contribution >= 0.6 is 0 Å². The molecule has 0 spiro atoms. The Labute approximate surface area is 161 Å². The maximum absolute atomic E-state index is 12.9. The van der Waals surface area contributed by atoms with E-state index in [1.165, 1.54) is 0 Å². The number of nitrogens with zero attached hydrogens (tertiary/aromatic N) is 1. The average Bonchev–Trinajstić information content (AvgIpc) is 2.65. The van der Waals surface area contributed by atoms with Gasteiger partial charge in [-0.15, -0.1) is 0 Å². The molecule has 0 saturated carbocycles. The third kappa shape index (κ3) is 5.84. The number of carbonyl (C=O) groups excluding carboxylic acids is 2. The molecule has 27 heavy (non-hydrogen) atoms. The van der Waals surface area contributed by atoms with Crippen molar-refractivity contribution >= 4 is 11.8 Å². The molecule has 1 atom stereocenters. The number of amides is 2. The summed E-state index contributed by atoms with van der Waals surface area (Å²) in [6.45, 7) is 8.34. The maximum atomic E-state index is 12.9. The van der Waals surface area contributed by atoms with Crippen molar-refractivity contribution in [2.75, 3.05) is 13.2 Å². The van der Waals surface area contributed by atoms with E-state index in [-0.39, 0.29) is 18.4 Å². The predicted octanol–water partition coefficient (Wildman–Crippen LogP) is 3.24. The van der Waals surface area contributed by atoms with Crippen molar-refractivity contribution in [3.63, 3.8) is 0 Å². The lowest BCUT2D eigenvalue weighted by Crippen LogP contribution is -2.49. The zero-order valence-electron chi connectivity index (χ0n) is 16.5. The largest absolute Gasteiger partial charge is 0.484 e. The number of likely N-dealkylation sites (N-methyl/N-ethyl adjacent to an activating group) is 1. The highest BCUT2D eigenvalue weighted by molar-refractivity contribution is 5.87. The molecule has 5 nitrogen and oxygen atoms in total. The van der Waals surface area contributed by atoms with Gasteiger partial charge in [0.05, 0.1) is 0 Å². The van der Waals surface area contributed by atoms with Crippen LogP contribution in [0.25, 0.3) is 0 Å². The SMILES string of the molecule is CCNC(=O)[C@H](C)N(Cc1ccccc1C)C(=O)COc1cccc(C)c1. The standard InChI is InChI=1S/C22H28N2O3/c1-5-23-22(26)18(4)24(14-19-11-7-6-10-17(19)3)21(25)15-27-20-12-8-9-16(2)13-20/h6-13,18H,5,14-15H2,1-4H3,(H,23,26)/t18-/m0/s1. The van der Waals surface area contributed by atoms with Gasteiger partial charge < -0.3 is 15.0 Å². The Balaban J connectivity index is 2.15. The Hall–Kier alpha value is -2.82. The van der Waals surface area contributed by atoms with Crippen molar-refractivity contribution in [3.8, 4) is 5.75 Å². The molecule has 0 aliphatic rings. The van der Waals surface area contributed by atoms with E-state index < -0.39 is 6.04 Å². The molecule has 0 aliphatic heterocycles. The molecular formula is C22H28N2O3. The second-order valence-electron chi connectivity index (χ2n) is 6.62. The minimum absolute atomic E-state index is 0.112. The molecule has 0 fully saturated rings. The fourth-order valence-electron chi connectivity index (χ4n) is 2.81. The quantitative estimate of drug-likeness (QED) is 0.778. The Kier molecular flexibility index (Phi) is 7.41. The van der Waals surface area contributed by atoms with Crippen molar-refractivity contribution in [1.29, 1.82) is 0 Å². The molecule has 2 aromatic rings. The first-order chi connectivity index (χ1) is 12.9. The molecular weight excluding hydrogens is 340 g/mol. The Morgan fingerprint density at radius 1 is 1.11 bits per heavy atom. The number of benzene rings is 2. The predicted molar refractivity (Wildman–Crippen MR) is 107 cm³/mol. The first-order valence-corrected chi connectivity index (χ1v) is 9.23. The van der Waals surface area contributed by atoms with Crippen LogP contribution in [-0.2, 0) is 16.1 Å². The summed E-state index contributed by atoms with van der Waals surface area (Å²) in [4.78, 5) is 26.8. The van der Waals surface area contributed by atoms with Crippen molar-refractivity contribution in [2.24, 2.45) is 0 Å². The van der Waals surface area contributed by atoms with Crippen molar-refractivity contribution in [3.05, 3.63) is 65.2 Å². The summed E-state index contributed by atoms with van der Waals surface area (Å²) in [7, 11) is 0. The third-order valence-electron chi connectivity index (χ3n) is 4.47. The summed E-state index contributed by atoms with van der Waals surface area (Å²) >= 11 is 0. The van der Waals surface area contributed by atoms with Gasteiger partial charge in [0.2, 0.25) is 5.91 Å². The van der Waals surface area contributed by atoms with Crippen LogP contribution in [0.5, 0.6) is 5.75 Å². The normalized spacial score (nSPS) is 11.6. The van der Waals surface area contributed by atoms with Crippen LogP contribution < -0.4 is 10.1 Å². The van der Waals surface area contributed by atoms with E-state index in [9.17, 15) is 9.59 Å². The lowest BCUT2D eigenvalue weighted by Gasteiger charge is -2.29. The van der Waals surface area contributed by atoms with E-state index >= 15 is 0 Å². The molecule has 2 rings (SSSR count). The summed E-state index contributed by atoms with van der Waals surface area (Å²) in [5.41, 5.74) is 3.16. The number of carbonyl (C=O) groups is 2. The first-order valence-electron chi connectivity index (χ1n) is 9.23. The van der Waals surface area contributed by atoms with Crippen LogP contribution in [0.1, 0.15) is 30.5 Å². The number of hydrogen-bond donors (Lipinski definition) is 1. The van der Waals surface area contributed by atoms with Crippen LogP contribution in [0.4, 0.5) is 0 Å². The number of nitrogens with one attached hydrogen (secondary N) is 1. The third-order valence-corrected chi connectivity index (χ3v) is 4.47. The van der Waals surface area contributed by atoms with Crippen LogP contribution in [-0.4, -0.2) is 35.9 Å². The summed E-state index contributed by atoms with van der Waals surface area (Å²) < 4.78 is 5.66. The highest BCUT2D eigenvalue weighted by Crippen LogP contribution is 2.16. The van der Waals surface area contributed by atoms with Gasteiger partial charge in [-0.25, -0.2) is 0 Å². The average molecular weight is 368 g/mol. The van der Waals surface area contributed by atoms with Crippen molar-refractivity contribution in [1.82, 2.24) is 10.2 Å². The van der Waals surface area contributed by atoms with E-state index in [1.54, 1.807) is 11.8 Å². The number of hydrogen-bond acceptors (Lipinski definition) is 3. The van der Waals surface area contributed by atoms with Gasteiger partial charge >= 0.3 is 0 Å². The molecule has 0 bridgehead atoms. The molecule has 2 amide bonds. The van der Waals surface area contributed by atoms with Crippen LogP contribution in [0.2, 0.25) is 0 Å². The van der Waals surface area contributed by atoms with Gasteiger partial charge in [0, 0.05) is 13.1 Å². The zero-order chi connectivity index (χ0) is 19.8. The molecule has 1 N–H and O–H groups in total. The van der Waals surface area contributed by atoms with Crippen LogP contribution in [0.15, 0.2) is 48.5 Å². The smallest absolute Gasteiger partial charge is 0.261 e. The molecule has 5 heteroatoms. The van der Waals surface area contributed by atoms with Gasteiger partial charge in [-0.3, -0.25) is 9.59 Å². The van der Waals surface area contributed by atoms with Gasteiger partial charge in [0.15, 0.2) is 6.61 Å². The number of rotatable bonds is 8.